The summed E-state index contributed by atoms with van der Waals surface area (Å²) in [6.07, 6.45) is 2.80. The summed E-state index contributed by atoms with van der Waals surface area (Å²) < 4.78 is 6.93. The van der Waals surface area contributed by atoms with E-state index < -0.39 is 6.29 Å². The molecule has 94 valence electrons. The third-order valence-electron chi connectivity index (χ3n) is 2.97. The van der Waals surface area contributed by atoms with Gasteiger partial charge in [-0.1, -0.05) is 0 Å². The molecule has 3 N–H and O–H groups in total. The van der Waals surface area contributed by atoms with Crippen molar-refractivity contribution in [2.75, 3.05) is 5.32 Å². The standard InChI is InChI=1S/C12H10N6O/c13-12-16-9-7(3-1-5-14-9)11-15-10(17-18(11)12)8-4-2-6-19-8/h1-6,12H,13H2,(H,14,16). The van der Waals surface area contributed by atoms with Crippen LogP contribution in [0.2, 0.25) is 0 Å². The number of anilines is 1. The molecule has 1 aliphatic rings. The summed E-state index contributed by atoms with van der Waals surface area (Å²) in [6, 6.07) is 7.38. The van der Waals surface area contributed by atoms with Gasteiger partial charge in [0, 0.05) is 6.20 Å². The number of furan rings is 1. The Hall–Kier alpha value is -2.67. The summed E-state index contributed by atoms with van der Waals surface area (Å²) in [5, 5.41) is 7.44. The second-order valence-electron chi connectivity index (χ2n) is 4.17. The highest BCUT2D eigenvalue weighted by Gasteiger charge is 2.26. The van der Waals surface area contributed by atoms with Crippen molar-refractivity contribution in [1.82, 2.24) is 19.7 Å². The van der Waals surface area contributed by atoms with E-state index in [0.717, 1.165) is 5.56 Å². The van der Waals surface area contributed by atoms with E-state index >= 15 is 0 Å². The summed E-state index contributed by atoms with van der Waals surface area (Å²) >= 11 is 0. The van der Waals surface area contributed by atoms with Gasteiger partial charge in [-0.25, -0.2) is 14.6 Å². The molecule has 0 saturated heterocycles. The second-order valence-corrected chi connectivity index (χ2v) is 4.17. The van der Waals surface area contributed by atoms with Crippen molar-refractivity contribution >= 4 is 5.82 Å². The molecule has 0 spiro atoms. The lowest BCUT2D eigenvalue weighted by atomic mass is 10.2. The van der Waals surface area contributed by atoms with E-state index in [2.05, 4.69) is 20.4 Å². The Balaban J connectivity index is 1.93. The normalized spacial score (nSPS) is 16.6. The Labute approximate surface area is 108 Å². The molecule has 4 heterocycles. The first-order chi connectivity index (χ1) is 9.33. The number of hydrogen-bond donors (Lipinski definition) is 2. The number of rotatable bonds is 1. The topological polar surface area (TPSA) is 94.8 Å². The van der Waals surface area contributed by atoms with Crippen molar-refractivity contribution in [2.45, 2.75) is 6.29 Å². The molecule has 0 radical (unpaired) electrons. The van der Waals surface area contributed by atoms with Gasteiger partial charge in [0.05, 0.1) is 11.8 Å². The number of nitrogens with two attached hydrogens (primary N) is 1. The molecule has 1 unspecified atom stereocenters. The zero-order valence-corrected chi connectivity index (χ0v) is 9.82. The summed E-state index contributed by atoms with van der Waals surface area (Å²) in [5.41, 5.74) is 6.88. The average Bonchev–Trinajstić information content (AvgIpc) is 3.08. The zero-order valence-electron chi connectivity index (χ0n) is 9.82. The average molecular weight is 254 g/mol. The monoisotopic (exact) mass is 254 g/mol. The maximum atomic E-state index is 6.01. The van der Waals surface area contributed by atoms with Gasteiger partial charge in [-0.3, -0.25) is 5.73 Å². The van der Waals surface area contributed by atoms with Crippen LogP contribution < -0.4 is 11.1 Å². The van der Waals surface area contributed by atoms with Crippen LogP contribution >= 0.6 is 0 Å². The molecular formula is C12H10N6O. The molecule has 0 aromatic carbocycles. The molecule has 7 heteroatoms. The molecule has 0 bridgehead atoms. The van der Waals surface area contributed by atoms with Crippen LogP contribution in [-0.2, 0) is 0 Å². The van der Waals surface area contributed by atoms with Crippen LogP contribution in [0.25, 0.3) is 23.0 Å². The number of hydrogen-bond acceptors (Lipinski definition) is 6. The maximum Gasteiger partial charge on any atom is 0.217 e. The van der Waals surface area contributed by atoms with Gasteiger partial charge in [-0.2, -0.15) is 0 Å². The number of nitrogens with zero attached hydrogens (tertiary/aromatic N) is 4. The smallest absolute Gasteiger partial charge is 0.217 e. The van der Waals surface area contributed by atoms with Crippen molar-refractivity contribution in [3.63, 3.8) is 0 Å². The van der Waals surface area contributed by atoms with Gasteiger partial charge >= 0.3 is 0 Å². The molecule has 1 atom stereocenters. The summed E-state index contributed by atoms with van der Waals surface area (Å²) in [6.45, 7) is 0. The molecule has 0 aliphatic carbocycles. The van der Waals surface area contributed by atoms with E-state index in [0.29, 0.717) is 23.2 Å². The van der Waals surface area contributed by atoms with Crippen LogP contribution in [0.15, 0.2) is 41.1 Å². The zero-order chi connectivity index (χ0) is 12.8. The van der Waals surface area contributed by atoms with Crippen LogP contribution in [0.1, 0.15) is 6.29 Å². The second kappa shape index (κ2) is 3.66. The number of fused-ring (bicyclic) bond motifs is 3. The Morgan fingerprint density at radius 2 is 2.26 bits per heavy atom. The van der Waals surface area contributed by atoms with Crippen LogP contribution in [-0.4, -0.2) is 19.7 Å². The van der Waals surface area contributed by atoms with Gasteiger partial charge in [0.25, 0.3) is 0 Å². The number of aromatic nitrogens is 4. The first-order valence-corrected chi connectivity index (χ1v) is 5.81. The van der Waals surface area contributed by atoms with Gasteiger partial charge in [0.2, 0.25) is 5.82 Å². The van der Waals surface area contributed by atoms with Crippen molar-refractivity contribution in [1.29, 1.82) is 0 Å². The van der Waals surface area contributed by atoms with Gasteiger partial charge in [-0.15, -0.1) is 5.10 Å². The van der Waals surface area contributed by atoms with Gasteiger partial charge in [-0.05, 0) is 24.3 Å². The Morgan fingerprint density at radius 3 is 3.11 bits per heavy atom. The van der Waals surface area contributed by atoms with E-state index in [4.69, 9.17) is 10.2 Å². The molecule has 1 aliphatic heterocycles. The highest BCUT2D eigenvalue weighted by molar-refractivity contribution is 5.73. The quantitative estimate of drug-likeness (QED) is 0.682. The first-order valence-electron chi connectivity index (χ1n) is 5.81. The Bertz CT molecular complexity index is 733. The van der Waals surface area contributed by atoms with Crippen molar-refractivity contribution in [3.05, 3.63) is 36.7 Å². The molecule has 19 heavy (non-hydrogen) atoms. The summed E-state index contributed by atoms with van der Waals surface area (Å²) in [4.78, 5) is 8.73. The van der Waals surface area contributed by atoms with Gasteiger partial charge in [0.1, 0.15) is 5.82 Å². The van der Waals surface area contributed by atoms with Gasteiger partial charge < -0.3 is 9.73 Å². The fraction of sp³-hybridized carbons (Fsp3) is 0.0833. The largest absolute Gasteiger partial charge is 0.461 e. The van der Waals surface area contributed by atoms with Crippen LogP contribution in [0, 0.1) is 0 Å². The van der Waals surface area contributed by atoms with Gasteiger partial charge in [0.15, 0.2) is 17.9 Å². The summed E-state index contributed by atoms with van der Waals surface area (Å²) in [5.74, 6) is 2.51. The third-order valence-corrected chi connectivity index (χ3v) is 2.97. The summed E-state index contributed by atoms with van der Waals surface area (Å²) in [7, 11) is 0. The fourth-order valence-corrected chi connectivity index (χ4v) is 2.11. The Kier molecular flexibility index (Phi) is 1.98. The fourth-order valence-electron chi connectivity index (χ4n) is 2.11. The number of nitrogens with one attached hydrogen (secondary N) is 1. The van der Waals surface area contributed by atoms with Crippen molar-refractivity contribution < 1.29 is 4.42 Å². The lowest BCUT2D eigenvalue weighted by Gasteiger charge is -2.23. The van der Waals surface area contributed by atoms with E-state index in [-0.39, 0.29) is 0 Å². The van der Waals surface area contributed by atoms with E-state index in [1.54, 1.807) is 23.2 Å². The maximum absolute atomic E-state index is 6.01. The molecular weight excluding hydrogens is 244 g/mol. The van der Waals surface area contributed by atoms with Crippen molar-refractivity contribution in [2.24, 2.45) is 5.73 Å². The molecule has 0 amide bonds. The third kappa shape index (κ3) is 1.45. The van der Waals surface area contributed by atoms with Crippen LogP contribution in [0.4, 0.5) is 5.82 Å². The minimum atomic E-state index is -0.492. The predicted octanol–water partition coefficient (Wildman–Crippen LogP) is 1.44. The van der Waals surface area contributed by atoms with E-state index in [1.165, 1.54) is 0 Å². The minimum absolute atomic E-state index is 0.492. The molecule has 4 rings (SSSR count). The first kappa shape index (κ1) is 10.3. The molecule has 7 nitrogen and oxygen atoms in total. The highest BCUT2D eigenvalue weighted by Crippen LogP contribution is 2.32. The highest BCUT2D eigenvalue weighted by atomic mass is 16.3. The van der Waals surface area contributed by atoms with Crippen molar-refractivity contribution in [3.8, 4) is 23.0 Å². The number of pyridine rings is 1. The SMILES string of the molecule is NC1Nc2ncccc2-c2nc(-c3ccco3)nn21. The Morgan fingerprint density at radius 1 is 1.32 bits per heavy atom. The predicted molar refractivity (Wildman–Crippen MR) is 67.8 cm³/mol. The van der Waals surface area contributed by atoms with Crippen LogP contribution in [0.3, 0.4) is 0 Å². The van der Waals surface area contributed by atoms with E-state index in [1.807, 2.05) is 18.2 Å². The van der Waals surface area contributed by atoms with Crippen LogP contribution in [0.5, 0.6) is 0 Å². The minimum Gasteiger partial charge on any atom is -0.461 e. The molecule has 3 aromatic heterocycles. The lowest BCUT2D eigenvalue weighted by Crippen LogP contribution is -2.32. The van der Waals surface area contributed by atoms with E-state index in [9.17, 15) is 0 Å². The lowest BCUT2D eigenvalue weighted by molar-refractivity contribution is 0.514. The molecule has 3 aromatic rings. The molecule has 0 saturated carbocycles. The molecule has 0 fully saturated rings.